The quantitative estimate of drug-likeness (QED) is 0.645. The lowest BCUT2D eigenvalue weighted by Crippen LogP contribution is -2.51. The van der Waals surface area contributed by atoms with Crippen LogP contribution in [0.2, 0.25) is 0 Å². The molecule has 2 fully saturated rings. The Morgan fingerprint density at radius 2 is 2.07 bits per heavy atom. The van der Waals surface area contributed by atoms with Crippen molar-refractivity contribution < 1.29 is 4.79 Å². The Bertz CT molecular complexity index is 257. The molecule has 0 bridgehead atoms. The van der Waals surface area contributed by atoms with Crippen LogP contribution in [-0.2, 0) is 4.79 Å². The molecule has 1 atom stereocenters. The van der Waals surface area contributed by atoms with E-state index in [2.05, 4.69) is 30.6 Å². The van der Waals surface area contributed by atoms with Gasteiger partial charge in [-0.1, -0.05) is 20.8 Å². The number of hydrogen-bond acceptors (Lipinski definition) is 3. The van der Waals surface area contributed by atoms with Gasteiger partial charge in [0.05, 0.1) is 6.54 Å². The van der Waals surface area contributed by atoms with Gasteiger partial charge in [0.2, 0.25) is 0 Å². The Labute approximate surface area is 92.4 Å². The molecule has 2 saturated heterocycles. The molecular formula is C12H22N2O. The summed E-state index contributed by atoms with van der Waals surface area (Å²) in [6.45, 7) is 12.0. The van der Waals surface area contributed by atoms with Crippen LogP contribution < -0.4 is 0 Å². The summed E-state index contributed by atoms with van der Waals surface area (Å²) in [5, 5.41) is 0. The van der Waals surface area contributed by atoms with E-state index < -0.39 is 0 Å². The summed E-state index contributed by atoms with van der Waals surface area (Å²) in [6, 6.07) is 0.508. The van der Waals surface area contributed by atoms with E-state index >= 15 is 0 Å². The van der Waals surface area contributed by atoms with Crippen molar-refractivity contribution in [3.63, 3.8) is 0 Å². The molecule has 0 aromatic carbocycles. The first-order chi connectivity index (χ1) is 6.94. The Hall–Kier alpha value is -0.410. The van der Waals surface area contributed by atoms with Gasteiger partial charge in [-0.05, 0) is 5.41 Å². The van der Waals surface area contributed by atoms with Gasteiger partial charge >= 0.3 is 0 Å². The van der Waals surface area contributed by atoms with Gasteiger partial charge in [0.25, 0.3) is 0 Å². The summed E-state index contributed by atoms with van der Waals surface area (Å²) in [4.78, 5) is 16.2. The van der Waals surface area contributed by atoms with E-state index in [1.807, 2.05) is 0 Å². The number of nitrogens with zero attached hydrogens (tertiary/aromatic N) is 2. The molecule has 0 aromatic heterocycles. The molecular weight excluding hydrogens is 188 g/mol. The van der Waals surface area contributed by atoms with Gasteiger partial charge in [0, 0.05) is 38.6 Å². The van der Waals surface area contributed by atoms with E-state index in [1.54, 1.807) is 0 Å². The van der Waals surface area contributed by atoms with Crippen LogP contribution in [0.15, 0.2) is 0 Å². The zero-order valence-corrected chi connectivity index (χ0v) is 10.1. The van der Waals surface area contributed by atoms with E-state index in [1.165, 1.54) is 0 Å². The monoisotopic (exact) mass is 210 g/mol. The second-order valence-corrected chi connectivity index (χ2v) is 6.16. The SMILES string of the molecule is CC(C)(C)CN1CCN2CC(=O)CC2C1. The highest BCUT2D eigenvalue weighted by atomic mass is 16.1. The number of rotatable bonds is 1. The molecule has 86 valence electrons. The van der Waals surface area contributed by atoms with Crippen molar-refractivity contribution in [3.05, 3.63) is 0 Å². The van der Waals surface area contributed by atoms with Crippen LogP contribution in [0.25, 0.3) is 0 Å². The number of fused-ring (bicyclic) bond motifs is 1. The van der Waals surface area contributed by atoms with Crippen LogP contribution in [-0.4, -0.2) is 54.3 Å². The molecule has 0 radical (unpaired) electrons. The van der Waals surface area contributed by atoms with Crippen LogP contribution in [0.5, 0.6) is 0 Å². The number of carbonyl (C=O) groups is 1. The fraction of sp³-hybridized carbons (Fsp3) is 0.917. The van der Waals surface area contributed by atoms with Crippen molar-refractivity contribution in [2.24, 2.45) is 5.41 Å². The number of piperazine rings is 1. The zero-order chi connectivity index (χ0) is 11.1. The Morgan fingerprint density at radius 1 is 1.33 bits per heavy atom. The Kier molecular flexibility index (Phi) is 2.86. The van der Waals surface area contributed by atoms with Crippen LogP contribution in [0.3, 0.4) is 0 Å². The third-order valence-electron chi connectivity index (χ3n) is 3.23. The molecule has 3 nitrogen and oxygen atoms in total. The first-order valence-electron chi connectivity index (χ1n) is 5.92. The van der Waals surface area contributed by atoms with Gasteiger partial charge in [0.1, 0.15) is 5.78 Å². The Balaban J connectivity index is 1.90. The molecule has 1 unspecified atom stereocenters. The predicted molar refractivity (Wildman–Crippen MR) is 60.9 cm³/mol. The smallest absolute Gasteiger partial charge is 0.148 e. The minimum absolute atomic E-state index is 0.366. The summed E-state index contributed by atoms with van der Waals surface area (Å²) >= 11 is 0. The lowest BCUT2D eigenvalue weighted by molar-refractivity contribution is -0.116. The molecule has 0 amide bonds. The van der Waals surface area contributed by atoms with Crippen LogP contribution in [0, 0.1) is 5.41 Å². The third-order valence-corrected chi connectivity index (χ3v) is 3.23. The topological polar surface area (TPSA) is 23.6 Å². The number of ketones is 1. The van der Waals surface area contributed by atoms with Gasteiger partial charge in [-0.15, -0.1) is 0 Å². The number of Topliss-reactive ketones (excluding diaryl/α,β-unsaturated/α-hetero) is 1. The molecule has 2 heterocycles. The average Bonchev–Trinajstić information content (AvgIpc) is 2.40. The molecule has 0 aromatic rings. The van der Waals surface area contributed by atoms with Gasteiger partial charge in [-0.3, -0.25) is 14.6 Å². The molecule has 0 spiro atoms. The molecule has 0 aliphatic carbocycles. The van der Waals surface area contributed by atoms with Crippen molar-refractivity contribution in [2.45, 2.75) is 33.2 Å². The summed E-state index contributed by atoms with van der Waals surface area (Å²) in [7, 11) is 0. The molecule has 3 heteroatoms. The minimum atomic E-state index is 0.366. The third kappa shape index (κ3) is 2.79. The molecule has 2 rings (SSSR count). The van der Waals surface area contributed by atoms with Gasteiger partial charge in [-0.2, -0.15) is 0 Å². The summed E-state index contributed by atoms with van der Waals surface area (Å²) in [5.74, 6) is 0.428. The first kappa shape index (κ1) is 11.1. The summed E-state index contributed by atoms with van der Waals surface area (Å²) < 4.78 is 0. The molecule has 15 heavy (non-hydrogen) atoms. The molecule has 2 aliphatic rings. The number of hydrogen-bond donors (Lipinski definition) is 0. The minimum Gasteiger partial charge on any atom is -0.300 e. The Morgan fingerprint density at radius 3 is 2.73 bits per heavy atom. The maximum absolute atomic E-state index is 11.3. The van der Waals surface area contributed by atoms with Crippen LogP contribution in [0.1, 0.15) is 27.2 Å². The highest BCUT2D eigenvalue weighted by molar-refractivity contribution is 5.83. The normalized spacial score (nSPS) is 29.5. The lowest BCUT2D eigenvalue weighted by atomic mass is 9.95. The molecule has 0 saturated carbocycles. The van der Waals surface area contributed by atoms with Gasteiger partial charge in [0.15, 0.2) is 0 Å². The zero-order valence-electron chi connectivity index (χ0n) is 10.1. The van der Waals surface area contributed by atoms with E-state index in [0.29, 0.717) is 23.8 Å². The van der Waals surface area contributed by atoms with E-state index in [0.717, 1.165) is 32.6 Å². The largest absolute Gasteiger partial charge is 0.300 e. The van der Waals surface area contributed by atoms with Crippen molar-refractivity contribution in [3.8, 4) is 0 Å². The van der Waals surface area contributed by atoms with E-state index in [-0.39, 0.29) is 0 Å². The van der Waals surface area contributed by atoms with Crippen molar-refractivity contribution in [1.29, 1.82) is 0 Å². The second-order valence-electron chi connectivity index (χ2n) is 6.16. The summed E-state index contributed by atoms with van der Waals surface area (Å²) in [5.41, 5.74) is 0.366. The predicted octanol–water partition coefficient (Wildman–Crippen LogP) is 0.992. The maximum Gasteiger partial charge on any atom is 0.148 e. The first-order valence-corrected chi connectivity index (χ1v) is 5.92. The highest BCUT2D eigenvalue weighted by Gasteiger charge is 2.35. The van der Waals surface area contributed by atoms with E-state index in [4.69, 9.17) is 0 Å². The molecule has 2 aliphatic heterocycles. The van der Waals surface area contributed by atoms with Crippen molar-refractivity contribution >= 4 is 5.78 Å². The van der Waals surface area contributed by atoms with Gasteiger partial charge in [-0.25, -0.2) is 0 Å². The van der Waals surface area contributed by atoms with Crippen molar-refractivity contribution in [1.82, 2.24) is 9.80 Å². The average molecular weight is 210 g/mol. The molecule has 0 N–H and O–H groups in total. The van der Waals surface area contributed by atoms with Gasteiger partial charge < -0.3 is 0 Å². The van der Waals surface area contributed by atoms with E-state index in [9.17, 15) is 4.79 Å². The number of carbonyl (C=O) groups excluding carboxylic acids is 1. The van der Waals surface area contributed by atoms with Crippen LogP contribution >= 0.6 is 0 Å². The van der Waals surface area contributed by atoms with Crippen molar-refractivity contribution in [2.75, 3.05) is 32.7 Å². The van der Waals surface area contributed by atoms with Crippen LogP contribution in [0.4, 0.5) is 0 Å². The highest BCUT2D eigenvalue weighted by Crippen LogP contribution is 2.22. The standard InChI is InChI=1S/C12H22N2O/c1-12(2,3)9-13-4-5-14-8-11(15)6-10(14)7-13/h10H,4-9H2,1-3H3. The summed E-state index contributed by atoms with van der Waals surface area (Å²) in [6.07, 6.45) is 0.778. The second kappa shape index (κ2) is 3.87. The fourth-order valence-electron chi connectivity index (χ4n) is 2.73. The maximum atomic E-state index is 11.3. The fourth-order valence-corrected chi connectivity index (χ4v) is 2.73. The lowest BCUT2D eigenvalue weighted by Gasteiger charge is -2.39.